The fraction of sp³-hybridized carbons (Fsp3) is 0.500. The number of aromatic carboxylic acids is 1. The maximum atomic E-state index is 11.3. The number of carboxylic acids is 1. The Morgan fingerprint density at radius 2 is 1.50 bits per heavy atom. The van der Waals surface area contributed by atoms with Crippen LogP contribution >= 0.6 is 0 Å². The van der Waals surface area contributed by atoms with Crippen LogP contribution in [0.4, 0.5) is 0 Å². The van der Waals surface area contributed by atoms with Gasteiger partial charge in [0.2, 0.25) is 0 Å². The molecular weight excluding hydrogens is 420 g/mol. The molecule has 0 aromatic heterocycles. The van der Waals surface area contributed by atoms with Crippen LogP contribution in [0.3, 0.4) is 0 Å². The van der Waals surface area contributed by atoms with Crippen LogP contribution in [0.25, 0.3) is 0 Å². The molecule has 0 aliphatic carbocycles. The third-order valence-electron chi connectivity index (χ3n) is 6.70. The number of rotatable bonds is 12. The molecule has 32 heavy (non-hydrogen) atoms. The van der Waals surface area contributed by atoms with Crippen LogP contribution in [0.2, 0.25) is 16.6 Å². The Hall–Kier alpha value is -2.31. The molecule has 2 aromatic rings. The van der Waals surface area contributed by atoms with E-state index in [0.29, 0.717) is 34.7 Å². The Labute approximate surface area is 193 Å². The number of hydrogen-bond donors (Lipinski definition) is 1. The quantitative estimate of drug-likeness (QED) is 0.356. The van der Waals surface area contributed by atoms with E-state index in [1.165, 1.54) is 19.2 Å². The van der Waals surface area contributed by atoms with Crippen molar-refractivity contribution in [3.8, 4) is 11.5 Å². The van der Waals surface area contributed by atoms with Gasteiger partial charge in [-0.25, -0.2) is 4.79 Å². The highest BCUT2D eigenvalue weighted by Gasteiger charge is 2.43. The largest absolute Gasteiger partial charge is 0.493 e. The molecule has 6 heteroatoms. The van der Waals surface area contributed by atoms with Crippen molar-refractivity contribution in [1.29, 1.82) is 0 Å². The predicted octanol–water partition coefficient (Wildman–Crippen LogP) is 6.75. The molecule has 0 spiro atoms. The van der Waals surface area contributed by atoms with Gasteiger partial charge in [0.25, 0.3) is 0 Å². The highest BCUT2D eigenvalue weighted by atomic mass is 28.3. The summed E-state index contributed by atoms with van der Waals surface area (Å²) < 4.78 is 18.1. The number of methoxy groups -OCH3 is 1. The van der Waals surface area contributed by atoms with Gasteiger partial charge >= 0.3 is 5.97 Å². The Morgan fingerprint density at radius 1 is 0.906 bits per heavy atom. The molecule has 0 radical (unpaired) electrons. The molecule has 0 aliphatic heterocycles. The zero-order valence-corrected chi connectivity index (χ0v) is 21.4. The Bertz CT molecular complexity index is 842. The first-order chi connectivity index (χ1) is 15.1. The first-order valence-corrected chi connectivity index (χ1v) is 13.8. The molecule has 176 valence electrons. The minimum Gasteiger partial charge on any atom is -0.493 e. The van der Waals surface area contributed by atoms with Gasteiger partial charge in [0, 0.05) is 6.23 Å². The molecule has 0 unspecified atom stereocenters. The summed E-state index contributed by atoms with van der Waals surface area (Å²) in [6, 6.07) is 14.6. The molecule has 5 nitrogen and oxygen atoms in total. The summed E-state index contributed by atoms with van der Waals surface area (Å²) in [4.78, 5) is 11.3. The van der Waals surface area contributed by atoms with E-state index < -0.39 is 14.0 Å². The summed E-state index contributed by atoms with van der Waals surface area (Å²) in [5.41, 5.74) is 3.00. The topological polar surface area (TPSA) is 65.0 Å². The normalized spacial score (nSPS) is 12.9. The first-order valence-electron chi connectivity index (χ1n) is 11.3. The van der Waals surface area contributed by atoms with Gasteiger partial charge in [-0.15, -0.1) is 0 Å². The third-order valence-corrected chi connectivity index (χ3v) is 13.9. The summed E-state index contributed by atoms with van der Waals surface area (Å²) in [7, 11) is -0.183. The van der Waals surface area contributed by atoms with E-state index in [4.69, 9.17) is 14.2 Å². The molecule has 0 aliphatic rings. The minimum absolute atomic E-state index is 0.156. The standard InChI is InChI=1S/C26H38O5Si/c1-18(2)32(19(3)4,20(5)6)17-30-16-25(21-11-9-8-10-12-21)31-23-14-13-22(26(27)28)15-24(23)29-7/h8-15,18-20,25H,16-17H2,1-7H3,(H,27,28)/t25-/m0/s1. The fourth-order valence-electron chi connectivity index (χ4n) is 4.76. The van der Waals surface area contributed by atoms with E-state index in [1.807, 2.05) is 30.3 Å². The van der Waals surface area contributed by atoms with Crippen LogP contribution in [0.5, 0.6) is 11.5 Å². The molecule has 0 fully saturated rings. The first kappa shape index (κ1) is 25.9. The summed E-state index contributed by atoms with van der Waals surface area (Å²) in [5, 5.41) is 9.27. The monoisotopic (exact) mass is 458 g/mol. The molecule has 0 saturated carbocycles. The van der Waals surface area contributed by atoms with E-state index in [0.717, 1.165) is 11.8 Å². The maximum Gasteiger partial charge on any atom is 0.335 e. The van der Waals surface area contributed by atoms with E-state index in [-0.39, 0.29) is 11.7 Å². The predicted molar refractivity (Wildman–Crippen MR) is 132 cm³/mol. The van der Waals surface area contributed by atoms with Gasteiger partial charge in [-0.2, -0.15) is 0 Å². The number of carbonyl (C=O) groups is 1. The van der Waals surface area contributed by atoms with Gasteiger partial charge in [-0.1, -0.05) is 71.9 Å². The molecule has 0 amide bonds. The third kappa shape index (κ3) is 5.93. The van der Waals surface area contributed by atoms with E-state index in [1.54, 1.807) is 6.07 Å². The van der Waals surface area contributed by atoms with E-state index >= 15 is 0 Å². The molecule has 0 bridgehead atoms. The van der Waals surface area contributed by atoms with Crippen molar-refractivity contribution in [2.45, 2.75) is 64.3 Å². The van der Waals surface area contributed by atoms with Crippen LogP contribution in [0.1, 0.15) is 63.6 Å². The molecule has 1 atom stereocenters. The molecule has 0 saturated heterocycles. The SMILES string of the molecule is COc1cc(C(=O)O)ccc1O[C@@H](COC[Si](C(C)C)(C(C)C)C(C)C)c1ccccc1. The second kappa shape index (κ2) is 11.5. The van der Waals surface area contributed by atoms with Crippen molar-refractivity contribution in [3.63, 3.8) is 0 Å². The lowest BCUT2D eigenvalue weighted by molar-refractivity contribution is 0.0651. The van der Waals surface area contributed by atoms with Gasteiger partial charge in [-0.3, -0.25) is 0 Å². The molecule has 2 rings (SSSR count). The van der Waals surface area contributed by atoms with E-state index in [2.05, 4.69) is 41.5 Å². The Kier molecular flexibility index (Phi) is 9.34. The van der Waals surface area contributed by atoms with Crippen molar-refractivity contribution in [3.05, 3.63) is 59.7 Å². The van der Waals surface area contributed by atoms with E-state index in [9.17, 15) is 9.90 Å². The number of carboxylic acid groups (broad SMARTS) is 1. The van der Waals surface area contributed by atoms with Crippen LogP contribution in [0.15, 0.2) is 48.5 Å². The molecule has 2 aromatic carbocycles. The van der Waals surface area contributed by atoms with Crippen molar-refractivity contribution in [2.24, 2.45) is 0 Å². The second-order valence-corrected chi connectivity index (χ2v) is 15.3. The highest BCUT2D eigenvalue weighted by molar-refractivity contribution is 6.83. The maximum absolute atomic E-state index is 11.3. The number of benzene rings is 2. The van der Waals surface area contributed by atoms with Crippen LogP contribution in [-0.4, -0.2) is 39.1 Å². The fourth-order valence-corrected chi connectivity index (χ4v) is 10.2. The lowest BCUT2D eigenvalue weighted by atomic mass is 10.1. The highest BCUT2D eigenvalue weighted by Crippen LogP contribution is 2.42. The summed E-state index contributed by atoms with van der Waals surface area (Å²) in [5.74, 6) is -0.119. The lowest BCUT2D eigenvalue weighted by Gasteiger charge is -2.43. The van der Waals surface area contributed by atoms with Gasteiger partial charge in [0.15, 0.2) is 11.5 Å². The lowest BCUT2D eigenvalue weighted by Crippen LogP contribution is -2.49. The average Bonchev–Trinajstić information content (AvgIpc) is 2.75. The van der Waals surface area contributed by atoms with Gasteiger partial charge in [0.1, 0.15) is 6.10 Å². The van der Waals surface area contributed by atoms with Crippen LogP contribution in [-0.2, 0) is 4.74 Å². The molecule has 1 N–H and O–H groups in total. The van der Waals surface area contributed by atoms with Crippen molar-refractivity contribution < 1.29 is 24.1 Å². The second-order valence-electron chi connectivity index (χ2n) is 9.28. The Morgan fingerprint density at radius 3 is 2.00 bits per heavy atom. The van der Waals surface area contributed by atoms with Crippen LogP contribution < -0.4 is 9.47 Å². The smallest absolute Gasteiger partial charge is 0.335 e. The van der Waals surface area contributed by atoms with Gasteiger partial charge in [-0.05, 0) is 40.4 Å². The Balaban J connectivity index is 2.27. The summed E-state index contributed by atoms with van der Waals surface area (Å²) in [6.45, 7) is 14.4. The zero-order valence-electron chi connectivity index (χ0n) is 20.4. The summed E-state index contributed by atoms with van der Waals surface area (Å²) >= 11 is 0. The van der Waals surface area contributed by atoms with Gasteiger partial charge < -0.3 is 19.3 Å². The van der Waals surface area contributed by atoms with Crippen molar-refractivity contribution >= 4 is 14.0 Å². The minimum atomic E-state index is -1.69. The van der Waals surface area contributed by atoms with Crippen LogP contribution in [0, 0.1) is 0 Å². The summed E-state index contributed by atoms with van der Waals surface area (Å²) in [6.07, 6.45) is 0.445. The zero-order chi connectivity index (χ0) is 23.9. The van der Waals surface area contributed by atoms with Crippen molar-refractivity contribution in [2.75, 3.05) is 19.9 Å². The average molecular weight is 459 g/mol. The molecule has 0 heterocycles. The number of ether oxygens (including phenoxy) is 3. The number of hydrogen-bond acceptors (Lipinski definition) is 4. The van der Waals surface area contributed by atoms with Crippen molar-refractivity contribution in [1.82, 2.24) is 0 Å². The molecular formula is C26H38O5Si. The van der Waals surface area contributed by atoms with Gasteiger partial charge in [0.05, 0.1) is 27.4 Å².